The molecule has 0 radical (unpaired) electrons. The molecule has 0 fully saturated rings. The minimum absolute atomic E-state index is 0. The zero-order valence-electron chi connectivity index (χ0n) is 17.9. The van der Waals surface area contributed by atoms with Crippen molar-refractivity contribution in [3.05, 3.63) is 87.2 Å². The van der Waals surface area contributed by atoms with Gasteiger partial charge in [-0.25, -0.2) is 0 Å². The molecule has 1 N–H and O–H groups in total. The molecule has 4 nitrogen and oxygen atoms in total. The van der Waals surface area contributed by atoms with E-state index in [2.05, 4.69) is 92.0 Å². The number of anilines is 3. The summed E-state index contributed by atoms with van der Waals surface area (Å²) in [5, 5.41) is 10.0. The fourth-order valence-electron chi connectivity index (χ4n) is 3.39. The second-order valence-electron chi connectivity index (χ2n) is 6.61. The Morgan fingerprint density at radius 3 is 1.93 bits per heavy atom. The number of rotatable bonds is 1. The van der Waals surface area contributed by atoms with Gasteiger partial charge in [-0.1, -0.05) is 30.3 Å². The van der Waals surface area contributed by atoms with Gasteiger partial charge >= 0.3 is 20.1 Å². The molecular weight excluding hydrogens is 540 g/mol. The molecule has 1 aliphatic rings. The van der Waals surface area contributed by atoms with Crippen LogP contribution in [0.25, 0.3) is 10.8 Å². The predicted octanol–water partition coefficient (Wildman–Crippen LogP) is 6.15. The molecule has 1 heterocycles. The zero-order valence-corrected chi connectivity index (χ0v) is 20.3. The fraction of sp³-hybridized carbons (Fsp3) is 0.167. The van der Waals surface area contributed by atoms with Crippen molar-refractivity contribution in [3.63, 3.8) is 0 Å². The smallest absolute Gasteiger partial charge is 0.505 e. The molecular formula is C24H29IrN2O2. The quantitative estimate of drug-likeness (QED) is 0.357. The second kappa shape index (κ2) is 11.0. The van der Waals surface area contributed by atoms with Crippen molar-refractivity contribution in [3.8, 4) is 0 Å². The fourth-order valence-corrected chi connectivity index (χ4v) is 3.39. The van der Waals surface area contributed by atoms with E-state index >= 15 is 0 Å². The summed E-state index contributed by atoms with van der Waals surface area (Å²) in [6.07, 6.45) is 0. The van der Waals surface area contributed by atoms with Crippen LogP contribution in [-0.2, 0) is 24.9 Å². The van der Waals surface area contributed by atoms with Crippen molar-refractivity contribution in [2.45, 2.75) is 20.8 Å². The van der Waals surface area contributed by atoms with E-state index < -0.39 is 5.97 Å². The minimum atomic E-state index is -0.833. The van der Waals surface area contributed by atoms with E-state index in [9.17, 15) is 0 Å². The van der Waals surface area contributed by atoms with Gasteiger partial charge in [0.15, 0.2) is 0 Å². The predicted molar refractivity (Wildman–Crippen MR) is 121 cm³/mol. The summed E-state index contributed by atoms with van der Waals surface area (Å²) in [7, 11) is 2.11. The van der Waals surface area contributed by atoms with Gasteiger partial charge in [0, 0.05) is 29.4 Å². The summed E-state index contributed by atoms with van der Waals surface area (Å²) in [6, 6.07) is 19.7. The van der Waals surface area contributed by atoms with Crippen LogP contribution in [0.15, 0.2) is 54.6 Å². The van der Waals surface area contributed by atoms with E-state index in [0.717, 1.165) is 6.92 Å². The number of carbonyl (C=O) groups is 1. The molecule has 0 aromatic heterocycles. The van der Waals surface area contributed by atoms with Crippen LogP contribution in [0, 0.1) is 35.4 Å². The van der Waals surface area contributed by atoms with Crippen LogP contribution >= 0.6 is 0 Å². The van der Waals surface area contributed by atoms with E-state index in [1.807, 2.05) is 0 Å². The minimum Gasteiger partial charge on any atom is -0.505 e. The molecule has 0 amide bonds. The van der Waals surface area contributed by atoms with Gasteiger partial charge in [-0.2, -0.15) is 6.67 Å². The Morgan fingerprint density at radius 2 is 1.41 bits per heavy atom. The monoisotopic (exact) mass is 570 g/mol. The van der Waals surface area contributed by atoms with Crippen LogP contribution in [-0.4, -0.2) is 18.1 Å². The molecule has 0 spiro atoms. The molecule has 156 valence electrons. The van der Waals surface area contributed by atoms with E-state index in [1.54, 1.807) is 0 Å². The summed E-state index contributed by atoms with van der Waals surface area (Å²) >= 11 is 0. The molecule has 4 rings (SSSR count). The Morgan fingerprint density at radius 1 is 0.931 bits per heavy atom. The van der Waals surface area contributed by atoms with Crippen LogP contribution < -0.4 is 9.80 Å². The van der Waals surface area contributed by atoms with Crippen LogP contribution in [0.4, 0.5) is 17.1 Å². The van der Waals surface area contributed by atoms with Crippen molar-refractivity contribution in [2.24, 2.45) is 0 Å². The molecule has 0 bridgehead atoms. The second-order valence-corrected chi connectivity index (χ2v) is 6.61. The third-order valence-corrected chi connectivity index (χ3v) is 4.27. The number of benzene rings is 3. The molecule has 3 aromatic carbocycles. The first kappa shape index (κ1) is 26.6. The number of aryl methyl sites for hydroxylation is 2. The average molecular weight is 570 g/mol. The molecule has 29 heavy (non-hydrogen) atoms. The van der Waals surface area contributed by atoms with Gasteiger partial charge in [0.05, 0.1) is 0 Å². The molecule has 3 aromatic rings. The van der Waals surface area contributed by atoms with Gasteiger partial charge in [-0.05, 0) is 61.7 Å². The van der Waals surface area contributed by atoms with Gasteiger partial charge in [0.1, 0.15) is 0 Å². The maximum Gasteiger partial charge on any atom is 3.00 e. The maximum absolute atomic E-state index is 9.00. The van der Waals surface area contributed by atoms with Crippen molar-refractivity contribution in [1.29, 1.82) is 0 Å². The molecule has 0 saturated carbocycles. The number of aliphatic carboxylic acids is 1. The van der Waals surface area contributed by atoms with Crippen molar-refractivity contribution in [1.82, 2.24) is 0 Å². The number of hydrogen-bond acceptors (Lipinski definition) is 3. The van der Waals surface area contributed by atoms with Gasteiger partial charge in [0.25, 0.3) is 5.97 Å². The SMILES string of the molecule is CC(=O)O.Cc1cc(C)cc(N2[CH-]N(C)c3cccc4cccc2c34)c1.[CH3-].[CH3-].[Ir+3]. The number of carboxylic acid groups (broad SMARTS) is 1. The van der Waals surface area contributed by atoms with Gasteiger partial charge < -0.3 is 29.8 Å². The number of nitrogens with zero attached hydrogens (tertiary/aromatic N) is 2. The van der Waals surface area contributed by atoms with E-state index in [0.29, 0.717) is 0 Å². The average Bonchev–Trinajstić information content (AvgIpc) is 2.56. The Kier molecular flexibility index (Phi) is 10.1. The van der Waals surface area contributed by atoms with Crippen LogP contribution in [0.5, 0.6) is 0 Å². The molecule has 0 atom stereocenters. The number of hydrogen-bond donors (Lipinski definition) is 1. The van der Waals surface area contributed by atoms with E-state index in [-0.39, 0.29) is 35.0 Å². The molecule has 0 unspecified atom stereocenters. The Labute approximate surface area is 188 Å². The zero-order chi connectivity index (χ0) is 18.8. The van der Waals surface area contributed by atoms with Crippen molar-refractivity contribution >= 4 is 33.8 Å². The Bertz CT molecular complexity index is 943. The summed E-state index contributed by atoms with van der Waals surface area (Å²) in [6.45, 7) is 7.56. The molecule has 1 aliphatic heterocycles. The van der Waals surface area contributed by atoms with Crippen LogP contribution in [0.3, 0.4) is 0 Å². The summed E-state index contributed by atoms with van der Waals surface area (Å²) in [4.78, 5) is 13.5. The normalized spacial score (nSPS) is 11.3. The third-order valence-electron chi connectivity index (χ3n) is 4.27. The van der Waals surface area contributed by atoms with Gasteiger partial charge in [-0.3, -0.25) is 4.79 Å². The Balaban J connectivity index is 0.00000103. The van der Waals surface area contributed by atoms with E-state index in [1.165, 1.54) is 39.0 Å². The maximum atomic E-state index is 9.00. The topological polar surface area (TPSA) is 43.8 Å². The summed E-state index contributed by atoms with van der Waals surface area (Å²) in [5.41, 5.74) is 6.30. The summed E-state index contributed by atoms with van der Waals surface area (Å²) in [5.74, 6) is -0.833. The number of carboxylic acids is 1. The van der Waals surface area contributed by atoms with Gasteiger partial charge in [-0.15, -0.1) is 0 Å². The summed E-state index contributed by atoms with van der Waals surface area (Å²) < 4.78 is 0. The largest absolute Gasteiger partial charge is 3.00 e. The molecule has 5 heteroatoms. The third kappa shape index (κ3) is 5.81. The molecule has 0 saturated heterocycles. The first-order chi connectivity index (χ1) is 12.4. The van der Waals surface area contributed by atoms with Crippen LogP contribution in [0.2, 0.25) is 0 Å². The van der Waals surface area contributed by atoms with Crippen molar-refractivity contribution < 1.29 is 30.0 Å². The van der Waals surface area contributed by atoms with Gasteiger partial charge in [0.2, 0.25) is 0 Å². The van der Waals surface area contributed by atoms with E-state index in [4.69, 9.17) is 9.90 Å². The first-order valence-corrected chi connectivity index (χ1v) is 8.53. The Hall–Kier alpha value is -2.36. The molecule has 0 aliphatic carbocycles. The van der Waals surface area contributed by atoms with Crippen LogP contribution in [0.1, 0.15) is 18.1 Å². The standard InChI is InChI=1S/C20H19N2.C2H4O2.2CH3.Ir/c1-14-10-15(2)12-17(11-14)22-13-21(3)18-8-4-6-16-7-5-9-19(22)20(16)18;1-2(3)4;;;/h4-13H,1-3H3;1H3,(H,3,4);2*1H3;/q-1;;2*-1;+3. The van der Waals surface area contributed by atoms with Crippen molar-refractivity contribution in [2.75, 3.05) is 16.8 Å². The first-order valence-electron chi connectivity index (χ1n) is 8.53.